The number of rotatable bonds is 4. The lowest BCUT2D eigenvalue weighted by atomic mass is 10.2. The summed E-state index contributed by atoms with van der Waals surface area (Å²) in [5, 5.41) is 10.9. The number of carbonyl (C=O) groups is 2. The zero-order valence-electron chi connectivity index (χ0n) is 12.7. The monoisotopic (exact) mass is 374 g/mol. The first-order valence-corrected chi connectivity index (χ1v) is 8.38. The first-order chi connectivity index (χ1) is 11.9. The summed E-state index contributed by atoms with van der Waals surface area (Å²) in [6, 6.07) is 12.7. The van der Waals surface area contributed by atoms with E-state index < -0.39 is 4.92 Å². The zero-order valence-corrected chi connectivity index (χ0v) is 14.3. The molecule has 126 valence electrons. The topological polar surface area (TPSA) is 80.5 Å². The Bertz CT molecular complexity index is 879. The molecule has 1 heterocycles. The van der Waals surface area contributed by atoms with Crippen LogP contribution in [0.2, 0.25) is 5.02 Å². The lowest BCUT2D eigenvalue weighted by molar-refractivity contribution is -0.384. The van der Waals surface area contributed by atoms with Gasteiger partial charge in [0.05, 0.1) is 16.4 Å². The molecule has 1 saturated heterocycles. The number of hydrogen-bond acceptors (Lipinski definition) is 5. The number of amides is 2. The standard InChI is InChI=1S/C17H11ClN2O4S/c18-13-5-1-12(2-6-13)10-19-16(21)15(25-17(19)22)9-11-3-7-14(8-4-11)20(23)24/h1-9H,10H2/b15-9-. The van der Waals surface area contributed by atoms with E-state index in [9.17, 15) is 19.7 Å². The van der Waals surface area contributed by atoms with Gasteiger partial charge in [-0.1, -0.05) is 23.7 Å². The summed E-state index contributed by atoms with van der Waals surface area (Å²) < 4.78 is 0. The average molecular weight is 375 g/mol. The van der Waals surface area contributed by atoms with Crippen LogP contribution in [0.3, 0.4) is 0 Å². The molecule has 0 aliphatic carbocycles. The molecule has 2 aromatic rings. The summed E-state index contributed by atoms with van der Waals surface area (Å²) >= 11 is 6.68. The molecule has 1 aliphatic heterocycles. The van der Waals surface area contributed by atoms with Crippen LogP contribution in [0.5, 0.6) is 0 Å². The highest BCUT2D eigenvalue weighted by atomic mass is 35.5. The molecule has 2 aromatic carbocycles. The molecule has 25 heavy (non-hydrogen) atoms. The van der Waals surface area contributed by atoms with E-state index in [0.29, 0.717) is 10.6 Å². The minimum Gasteiger partial charge on any atom is -0.268 e. The summed E-state index contributed by atoms with van der Waals surface area (Å²) in [4.78, 5) is 36.2. The quantitative estimate of drug-likeness (QED) is 0.447. The van der Waals surface area contributed by atoms with Crippen molar-refractivity contribution in [3.05, 3.63) is 79.7 Å². The molecule has 3 rings (SSSR count). The second kappa shape index (κ2) is 7.08. The Kier molecular flexibility index (Phi) is 4.87. The number of nitro groups is 1. The number of hydrogen-bond donors (Lipinski definition) is 0. The van der Waals surface area contributed by atoms with E-state index in [1.54, 1.807) is 30.3 Å². The van der Waals surface area contributed by atoms with E-state index in [2.05, 4.69) is 0 Å². The number of halogens is 1. The maximum atomic E-state index is 12.4. The van der Waals surface area contributed by atoms with E-state index in [1.807, 2.05) is 0 Å². The third-order valence-electron chi connectivity index (χ3n) is 3.53. The predicted molar refractivity (Wildman–Crippen MR) is 96.1 cm³/mol. The van der Waals surface area contributed by atoms with Gasteiger partial charge in [0.2, 0.25) is 0 Å². The van der Waals surface area contributed by atoms with Crippen LogP contribution in [-0.4, -0.2) is 21.0 Å². The number of carbonyl (C=O) groups excluding carboxylic acids is 2. The fourth-order valence-corrected chi connectivity index (χ4v) is 3.22. The first-order valence-electron chi connectivity index (χ1n) is 7.18. The summed E-state index contributed by atoms with van der Waals surface area (Å²) in [7, 11) is 0. The van der Waals surface area contributed by atoms with Crippen molar-refractivity contribution >= 4 is 46.3 Å². The largest absolute Gasteiger partial charge is 0.293 e. The maximum absolute atomic E-state index is 12.4. The number of nitrogens with zero attached hydrogens (tertiary/aromatic N) is 2. The lowest BCUT2D eigenvalue weighted by Crippen LogP contribution is -2.27. The fourth-order valence-electron chi connectivity index (χ4n) is 2.25. The van der Waals surface area contributed by atoms with Gasteiger partial charge in [-0.15, -0.1) is 0 Å². The van der Waals surface area contributed by atoms with Crippen molar-refractivity contribution in [1.29, 1.82) is 0 Å². The minimum absolute atomic E-state index is 0.0343. The highest BCUT2D eigenvalue weighted by Crippen LogP contribution is 2.33. The number of nitro benzene ring substituents is 1. The summed E-state index contributed by atoms with van der Waals surface area (Å²) in [6.07, 6.45) is 1.55. The Morgan fingerprint density at radius 2 is 1.72 bits per heavy atom. The number of imide groups is 1. The highest BCUT2D eigenvalue weighted by Gasteiger charge is 2.34. The molecule has 8 heteroatoms. The Morgan fingerprint density at radius 1 is 1.08 bits per heavy atom. The summed E-state index contributed by atoms with van der Waals surface area (Å²) in [5.74, 6) is -0.386. The molecule has 0 unspecified atom stereocenters. The molecule has 0 saturated carbocycles. The van der Waals surface area contributed by atoms with Gasteiger partial charge in [-0.05, 0) is 53.2 Å². The van der Waals surface area contributed by atoms with Crippen LogP contribution in [-0.2, 0) is 11.3 Å². The molecule has 1 aliphatic rings. The summed E-state index contributed by atoms with van der Waals surface area (Å²) in [5.41, 5.74) is 1.37. The van der Waals surface area contributed by atoms with Crippen molar-refractivity contribution in [3.8, 4) is 0 Å². The Labute approximate surface area is 152 Å². The van der Waals surface area contributed by atoms with Gasteiger partial charge >= 0.3 is 0 Å². The number of thioether (sulfide) groups is 1. The maximum Gasteiger partial charge on any atom is 0.293 e. The third kappa shape index (κ3) is 3.89. The lowest BCUT2D eigenvalue weighted by Gasteiger charge is -2.12. The van der Waals surface area contributed by atoms with Crippen LogP contribution in [0.15, 0.2) is 53.4 Å². The first kappa shape index (κ1) is 17.2. The molecule has 0 aromatic heterocycles. The Morgan fingerprint density at radius 3 is 2.32 bits per heavy atom. The van der Waals surface area contributed by atoms with Crippen LogP contribution in [0.1, 0.15) is 11.1 Å². The fraction of sp³-hybridized carbons (Fsp3) is 0.0588. The molecule has 0 atom stereocenters. The van der Waals surface area contributed by atoms with Gasteiger partial charge in [0, 0.05) is 17.2 Å². The minimum atomic E-state index is -0.496. The van der Waals surface area contributed by atoms with Gasteiger partial charge in [-0.25, -0.2) is 0 Å². The van der Waals surface area contributed by atoms with Crippen molar-refractivity contribution in [1.82, 2.24) is 4.90 Å². The number of non-ortho nitro benzene ring substituents is 1. The second-order valence-electron chi connectivity index (χ2n) is 5.24. The van der Waals surface area contributed by atoms with Crippen LogP contribution < -0.4 is 0 Å². The molecule has 1 fully saturated rings. The molecular formula is C17H11ClN2O4S. The smallest absolute Gasteiger partial charge is 0.268 e. The highest BCUT2D eigenvalue weighted by molar-refractivity contribution is 8.18. The molecule has 0 bridgehead atoms. The van der Waals surface area contributed by atoms with Gasteiger partial charge in [0.15, 0.2) is 0 Å². The van der Waals surface area contributed by atoms with Gasteiger partial charge < -0.3 is 0 Å². The van der Waals surface area contributed by atoms with Gasteiger partial charge in [-0.2, -0.15) is 0 Å². The van der Waals surface area contributed by atoms with Crippen LogP contribution in [0.25, 0.3) is 6.08 Å². The van der Waals surface area contributed by atoms with Crippen molar-refractivity contribution in [2.75, 3.05) is 0 Å². The van der Waals surface area contributed by atoms with Gasteiger partial charge in [0.1, 0.15) is 0 Å². The van der Waals surface area contributed by atoms with Gasteiger partial charge in [0.25, 0.3) is 16.8 Å². The van der Waals surface area contributed by atoms with Crippen molar-refractivity contribution < 1.29 is 14.5 Å². The molecule has 0 N–H and O–H groups in total. The molecule has 0 radical (unpaired) electrons. The van der Waals surface area contributed by atoms with Crippen molar-refractivity contribution in [2.24, 2.45) is 0 Å². The average Bonchev–Trinajstić information content (AvgIpc) is 2.85. The zero-order chi connectivity index (χ0) is 18.0. The van der Waals surface area contributed by atoms with Crippen molar-refractivity contribution in [2.45, 2.75) is 6.54 Å². The summed E-state index contributed by atoms with van der Waals surface area (Å²) in [6.45, 7) is 0.166. The molecule has 6 nitrogen and oxygen atoms in total. The van der Waals surface area contributed by atoms with E-state index in [4.69, 9.17) is 11.6 Å². The van der Waals surface area contributed by atoms with Crippen LogP contribution >= 0.6 is 23.4 Å². The van der Waals surface area contributed by atoms with E-state index in [0.717, 1.165) is 22.2 Å². The number of benzene rings is 2. The predicted octanol–water partition coefficient (Wildman–Crippen LogP) is 4.48. The molecule has 2 amide bonds. The van der Waals surface area contributed by atoms with Gasteiger partial charge in [-0.3, -0.25) is 24.6 Å². The second-order valence-corrected chi connectivity index (χ2v) is 6.67. The van der Waals surface area contributed by atoms with Crippen LogP contribution in [0, 0.1) is 10.1 Å². The molecular weight excluding hydrogens is 364 g/mol. The van der Waals surface area contributed by atoms with E-state index >= 15 is 0 Å². The SMILES string of the molecule is O=C1S/C(=C\c2ccc([N+](=O)[O-])cc2)C(=O)N1Cc1ccc(Cl)cc1. The van der Waals surface area contributed by atoms with Crippen LogP contribution in [0.4, 0.5) is 10.5 Å². The Hall–Kier alpha value is -2.64. The van der Waals surface area contributed by atoms with E-state index in [1.165, 1.54) is 24.3 Å². The van der Waals surface area contributed by atoms with E-state index in [-0.39, 0.29) is 28.3 Å². The Balaban J connectivity index is 1.78. The normalized spacial score (nSPS) is 15.9. The van der Waals surface area contributed by atoms with Crippen molar-refractivity contribution in [3.63, 3.8) is 0 Å². The molecule has 0 spiro atoms. The third-order valence-corrected chi connectivity index (χ3v) is 4.69.